The topological polar surface area (TPSA) is 117 Å². The second kappa shape index (κ2) is 8.63. The number of carbonyl (C=O) groups excluding carboxylic acids is 1. The number of carboxylic acids is 2. The van der Waals surface area contributed by atoms with E-state index in [1.165, 1.54) is 23.1 Å². The molecule has 1 heterocycles. The van der Waals surface area contributed by atoms with E-state index >= 15 is 0 Å². The number of thiazole rings is 1. The molecule has 0 radical (unpaired) electrons. The van der Waals surface area contributed by atoms with Crippen molar-refractivity contribution in [2.45, 2.75) is 30.5 Å². The van der Waals surface area contributed by atoms with Crippen LogP contribution in [-0.4, -0.2) is 45.3 Å². The van der Waals surface area contributed by atoms with E-state index in [-0.39, 0.29) is 24.5 Å². The van der Waals surface area contributed by atoms with Gasteiger partial charge in [-0.25, -0.2) is 4.98 Å². The lowest BCUT2D eigenvalue weighted by Crippen LogP contribution is -2.26. The molecule has 9 heteroatoms. The summed E-state index contributed by atoms with van der Waals surface area (Å²) in [6, 6.07) is 0. The van der Waals surface area contributed by atoms with Gasteiger partial charge in [-0.3, -0.25) is 14.4 Å². The van der Waals surface area contributed by atoms with Gasteiger partial charge in [0.1, 0.15) is 0 Å². The van der Waals surface area contributed by atoms with Crippen molar-refractivity contribution >= 4 is 40.9 Å². The van der Waals surface area contributed by atoms with Crippen LogP contribution in [0.25, 0.3) is 0 Å². The highest BCUT2D eigenvalue weighted by atomic mass is 32.2. The number of hydrogen-bond acceptors (Lipinski definition) is 6. The SMILES string of the molecule is Cc1nc(SCC(=O)NCCCC(=O)O)sc1CC(=O)O. The number of thioether (sulfide) groups is 1. The van der Waals surface area contributed by atoms with Gasteiger partial charge < -0.3 is 15.5 Å². The van der Waals surface area contributed by atoms with Crippen LogP contribution < -0.4 is 5.32 Å². The zero-order valence-corrected chi connectivity index (χ0v) is 13.1. The fourth-order valence-corrected chi connectivity index (χ4v) is 3.46. The minimum Gasteiger partial charge on any atom is -0.481 e. The van der Waals surface area contributed by atoms with Gasteiger partial charge >= 0.3 is 11.9 Å². The number of aromatic nitrogens is 1. The number of nitrogens with zero attached hydrogens (tertiary/aromatic N) is 1. The molecule has 0 spiro atoms. The van der Waals surface area contributed by atoms with Crippen LogP contribution in [0.3, 0.4) is 0 Å². The molecule has 0 aliphatic heterocycles. The van der Waals surface area contributed by atoms with Gasteiger partial charge in [-0.05, 0) is 13.3 Å². The van der Waals surface area contributed by atoms with E-state index in [1.54, 1.807) is 6.92 Å². The molecule has 7 nitrogen and oxygen atoms in total. The first-order valence-electron chi connectivity index (χ1n) is 6.18. The minimum absolute atomic E-state index is 0.0254. The van der Waals surface area contributed by atoms with E-state index in [4.69, 9.17) is 10.2 Å². The Kier molecular flexibility index (Phi) is 7.17. The predicted octanol–water partition coefficient (Wildman–Crippen LogP) is 1.15. The van der Waals surface area contributed by atoms with Gasteiger partial charge in [0.2, 0.25) is 5.91 Å². The van der Waals surface area contributed by atoms with Crippen LogP contribution in [0.15, 0.2) is 4.34 Å². The summed E-state index contributed by atoms with van der Waals surface area (Å²) in [7, 11) is 0. The fraction of sp³-hybridized carbons (Fsp3) is 0.500. The Morgan fingerprint density at radius 1 is 1.29 bits per heavy atom. The van der Waals surface area contributed by atoms with E-state index in [0.29, 0.717) is 27.9 Å². The first-order chi connectivity index (χ1) is 9.88. The zero-order valence-electron chi connectivity index (χ0n) is 11.4. The number of rotatable bonds is 9. The van der Waals surface area contributed by atoms with Gasteiger partial charge in [-0.1, -0.05) is 11.8 Å². The molecule has 3 N–H and O–H groups in total. The number of carbonyl (C=O) groups is 3. The van der Waals surface area contributed by atoms with Crippen LogP contribution in [0, 0.1) is 6.92 Å². The van der Waals surface area contributed by atoms with Gasteiger partial charge in [-0.2, -0.15) is 0 Å². The maximum Gasteiger partial charge on any atom is 0.308 e. The van der Waals surface area contributed by atoms with Crippen molar-refractivity contribution < 1.29 is 24.6 Å². The molecule has 0 unspecified atom stereocenters. The van der Waals surface area contributed by atoms with Crippen molar-refractivity contribution in [3.63, 3.8) is 0 Å². The van der Waals surface area contributed by atoms with Gasteiger partial charge in [0.15, 0.2) is 4.34 Å². The lowest BCUT2D eigenvalue weighted by Gasteiger charge is -2.02. The highest BCUT2D eigenvalue weighted by Gasteiger charge is 2.12. The Balaban J connectivity index is 2.32. The largest absolute Gasteiger partial charge is 0.481 e. The summed E-state index contributed by atoms with van der Waals surface area (Å²) in [6.07, 6.45) is 0.355. The zero-order chi connectivity index (χ0) is 15.8. The molecule has 0 bridgehead atoms. The molecule has 0 aromatic carbocycles. The third-order valence-corrected chi connectivity index (χ3v) is 4.70. The first-order valence-corrected chi connectivity index (χ1v) is 7.98. The number of aryl methyl sites for hydroxylation is 1. The van der Waals surface area contributed by atoms with E-state index in [9.17, 15) is 14.4 Å². The number of hydrogen-bond donors (Lipinski definition) is 3. The molecule has 0 aliphatic carbocycles. The Bertz CT molecular complexity index is 530. The monoisotopic (exact) mass is 332 g/mol. The smallest absolute Gasteiger partial charge is 0.308 e. The third kappa shape index (κ3) is 7.09. The Labute approximate surface area is 129 Å². The van der Waals surface area contributed by atoms with Crippen molar-refractivity contribution in [1.82, 2.24) is 10.3 Å². The summed E-state index contributed by atoms with van der Waals surface area (Å²) in [4.78, 5) is 37.4. The summed E-state index contributed by atoms with van der Waals surface area (Å²) in [5.41, 5.74) is 0.673. The van der Waals surface area contributed by atoms with Crippen LogP contribution in [0.1, 0.15) is 23.4 Å². The second-order valence-electron chi connectivity index (χ2n) is 4.19. The summed E-state index contributed by atoms with van der Waals surface area (Å²) in [5.74, 6) is -1.82. The van der Waals surface area contributed by atoms with Crippen LogP contribution in [0.4, 0.5) is 0 Å². The molecule has 21 heavy (non-hydrogen) atoms. The van der Waals surface area contributed by atoms with Crippen molar-refractivity contribution in [3.8, 4) is 0 Å². The Morgan fingerprint density at radius 2 is 2.00 bits per heavy atom. The van der Waals surface area contributed by atoms with Crippen molar-refractivity contribution in [2.75, 3.05) is 12.3 Å². The average molecular weight is 332 g/mol. The van der Waals surface area contributed by atoms with E-state index in [1.807, 2.05) is 0 Å². The lowest BCUT2D eigenvalue weighted by atomic mass is 10.3. The number of carboxylic acid groups (broad SMARTS) is 2. The summed E-state index contributed by atoms with van der Waals surface area (Å²) in [6.45, 7) is 2.07. The molecule has 1 aromatic heterocycles. The Morgan fingerprint density at radius 3 is 2.62 bits per heavy atom. The maximum atomic E-state index is 11.5. The maximum absolute atomic E-state index is 11.5. The van der Waals surface area contributed by atoms with Crippen LogP contribution in [-0.2, 0) is 20.8 Å². The minimum atomic E-state index is -0.908. The second-order valence-corrected chi connectivity index (χ2v) is 6.50. The van der Waals surface area contributed by atoms with Gasteiger partial charge in [0.05, 0.1) is 17.9 Å². The molecular weight excluding hydrogens is 316 g/mol. The van der Waals surface area contributed by atoms with Gasteiger partial charge in [-0.15, -0.1) is 11.3 Å². The Hall–Kier alpha value is -1.61. The molecule has 116 valence electrons. The average Bonchev–Trinajstić information content (AvgIpc) is 2.72. The third-order valence-electron chi connectivity index (χ3n) is 2.40. The predicted molar refractivity (Wildman–Crippen MR) is 78.8 cm³/mol. The van der Waals surface area contributed by atoms with Crippen molar-refractivity contribution in [2.24, 2.45) is 0 Å². The van der Waals surface area contributed by atoms with Crippen molar-refractivity contribution in [1.29, 1.82) is 0 Å². The lowest BCUT2D eigenvalue weighted by molar-refractivity contribution is -0.137. The number of amides is 1. The van der Waals surface area contributed by atoms with Gasteiger partial charge in [0.25, 0.3) is 0 Å². The van der Waals surface area contributed by atoms with E-state index in [2.05, 4.69) is 10.3 Å². The van der Waals surface area contributed by atoms with Crippen molar-refractivity contribution in [3.05, 3.63) is 10.6 Å². The van der Waals surface area contributed by atoms with Crippen LogP contribution >= 0.6 is 23.1 Å². The molecule has 0 saturated carbocycles. The first kappa shape index (κ1) is 17.4. The van der Waals surface area contributed by atoms with Crippen LogP contribution in [0.2, 0.25) is 0 Å². The number of aliphatic carboxylic acids is 2. The van der Waals surface area contributed by atoms with E-state index in [0.717, 1.165) is 0 Å². The standard InChI is InChI=1S/C12H16N2O5S2/c1-7-8(5-11(18)19)21-12(14-7)20-6-9(15)13-4-2-3-10(16)17/h2-6H2,1H3,(H,13,15)(H,16,17)(H,18,19). The van der Waals surface area contributed by atoms with E-state index < -0.39 is 11.9 Å². The molecule has 1 aromatic rings. The molecule has 0 atom stereocenters. The molecule has 0 fully saturated rings. The highest BCUT2D eigenvalue weighted by Crippen LogP contribution is 2.27. The molecule has 0 saturated heterocycles. The molecule has 1 rings (SSSR count). The summed E-state index contributed by atoms with van der Waals surface area (Å²) < 4.78 is 0.657. The summed E-state index contributed by atoms with van der Waals surface area (Å²) in [5, 5.41) is 19.8. The quantitative estimate of drug-likeness (QED) is 0.459. The summed E-state index contributed by atoms with van der Waals surface area (Å²) >= 11 is 2.52. The highest BCUT2D eigenvalue weighted by molar-refractivity contribution is 8.01. The normalized spacial score (nSPS) is 10.3. The molecule has 0 aliphatic rings. The van der Waals surface area contributed by atoms with Crippen LogP contribution in [0.5, 0.6) is 0 Å². The number of nitrogens with one attached hydrogen (secondary N) is 1. The molecular formula is C12H16N2O5S2. The van der Waals surface area contributed by atoms with Gasteiger partial charge in [0, 0.05) is 17.8 Å². The fourth-order valence-electron chi connectivity index (χ4n) is 1.41. The molecule has 1 amide bonds.